The van der Waals surface area contributed by atoms with E-state index in [-0.39, 0.29) is 11.3 Å². The zero-order valence-electron chi connectivity index (χ0n) is 11.3. The van der Waals surface area contributed by atoms with Gasteiger partial charge in [-0.3, -0.25) is 9.69 Å². The minimum absolute atomic E-state index is 0.00195. The van der Waals surface area contributed by atoms with Crippen LogP contribution in [0.5, 0.6) is 0 Å². The number of hydrogen-bond donors (Lipinski definition) is 1. The molecule has 1 amide bonds. The summed E-state index contributed by atoms with van der Waals surface area (Å²) in [4.78, 5) is 18.5. The van der Waals surface area contributed by atoms with Gasteiger partial charge in [0.15, 0.2) is 0 Å². The van der Waals surface area contributed by atoms with Crippen molar-refractivity contribution >= 4 is 17.4 Å². The first-order valence-corrected chi connectivity index (χ1v) is 6.40. The number of hydrogen-bond acceptors (Lipinski definition) is 3. The van der Waals surface area contributed by atoms with Gasteiger partial charge in [-0.1, -0.05) is 20.8 Å². The lowest BCUT2D eigenvalue weighted by atomic mass is 9.91. The molecule has 0 aliphatic heterocycles. The van der Waals surface area contributed by atoms with E-state index in [0.29, 0.717) is 18.2 Å². The fourth-order valence-corrected chi connectivity index (χ4v) is 1.93. The average Bonchev–Trinajstić information content (AvgIpc) is 3.03. The molecule has 0 atom stereocenters. The zero-order valence-corrected chi connectivity index (χ0v) is 11.3. The summed E-state index contributed by atoms with van der Waals surface area (Å²) in [6.07, 6.45) is 4.29. The number of nitrogen functional groups attached to an aromatic ring is 1. The molecule has 1 aromatic heterocycles. The quantitative estimate of drug-likeness (QED) is 0.893. The Hall–Kier alpha value is -1.58. The maximum atomic E-state index is 12.4. The first kappa shape index (κ1) is 12.9. The molecule has 4 heteroatoms. The summed E-state index contributed by atoms with van der Waals surface area (Å²) in [6.45, 7) is 6.23. The molecule has 0 saturated heterocycles. The third-order valence-corrected chi connectivity index (χ3v) is 2.88. The van der Waals surface area contributed by atoms with Gasteiger partial charge in [-0.15, -0.1) is 0 Å². The number of aromatic nitrogens is 1. The van der Waals surface area contributed by atoms with Gasteiger partial charge in [0.2, 0.25) is 5.91 Å². The van der Waals surface area contributed by atoms with Crippen molar-refractivity contribution in [1.29, 1.82) is 0 Å². The number of rotatable bonds is 3. The van der Waals surface area contributed by atoms with Crippen LogP contribution in [0.3, 0.4) is 0 Å². The smallest absolute Gasteiger partial charge is 0.228 e. The highest BCUT2D eigenvalue weighted by molar-refractivity contribution is 5.93. The van der Waals surface area contributed by atoms with Crippen molar-refractivity contribution in [2.24, 2.45) is 5.41 Å². The van der Waals surface area contributed by atoms with Crippen LogP contribution < -0.4 is 10.6 Å². The van der Waals surface area contributed by atoms with Gasteiger partial charge in [0.05, 0.1) is 11.9 Å². The van der Waals surface area contributed by atoms with Gasteiger partial charge >= 0.3 is 0 Å². The number of carbonyl (C=O) groups is 1. The van der Waals surface area contributed by atoms with Crippen molar-refractivity contribution in [3.05, 3.63) is 18.3 Å². The van der Waals surface area contributed by atoms with Crippen LogP contribution >= 0.6 is 0 Å². The Balaban J connectivity index is 2.18. The van der Waals surface area contributed by atoms with Gasteiger partial charge in [0.1, 0.15) is 5.82 Å². The lowest BCUT2D eigenvalue weighted by molar-refractivity contribution is -0.120. The van der Waals surface area contributed by atoms with E-state index in [4.69, 9.17) is 5.73 Å². The third kappa shape index (κ3) is 3.22. The minimum Gasteiger partial charge on any atom is -0.397 e. The molecular formula is C14H21N3O. The summed E-state index contributed by atoms with van der Waals surface area (Å²) in [6, 6.07) is 3.95. The molecule has 2 N–H and O–H groups in total. The summed E-state index contributed by atoms with van der Waals surface area (Å²) in [7, 11) is 0. The number of anilines is 2. The molecule has 0 unspecified atom stereocenters. The van der Waals surface area contributed by atoms with Crippen molar-refractivity contribution in [2.45, 2.75) is 46.1 Å². The van der Waals surface area contributed by atoms with Crippen LogP contribution in [0, 0.1) is 5.41 Å². The Morgan fingerprint density at radius 2 is 2.11 bits per heavy atom. The van der Waals surface area contributed by atoms with Crippen LogP contribution in [0.15, 0.2) is 18.3 Å². The molecule has 1 aromatic rings. The van der Waals surface area contributed by atoms with Gasteiger partial charge in [-0.25, -0.2) is 4.98 Å². The van der Waals surface area contributed by atoms with Crippen LogP contribution in [0.2, 0.25) is 0 Å². The fraction of sp³-hybridized carbons (Fsp3) is 0.571. The third-order valence-electron chi connectivity index (χ3n) is 2.88. The second-order valence-corrected chi connectivity index (χ2v) is 6.18. The second kappa shape index (κ2) is 4.59. The average molecular weight is 247 g/mol. The number of pyridine rings is 1. The first-order chi connectivity index (χ1) is 8.37. The molecule has 0 spiro atoms. The lowest BCUT2D eigenvalue weighted by Crippen LogP contribution is -2.36. The topological polar surface area (TPSA) is 59.2 Å². The Morgan fingerprint density at radius 3 is 2.56 bits per heavy atom. The predicted molar refractivity (Wildman–Crippen MR) is 73.2 cm³/mol. The highest BCUT2D eigenvalue weighted by Gasteiger charge is 2.35. The molecule has 0 bridgehead atoms. The molecule has 1 saturated carbocycles. The first-order valence-electron chi connectivity index (χ1n) is 6.40. The van der Waals surface area contributed by atoms with Crippen molar-refractivity contribution in [2.75, 3.05) is 10.6 Å². The Labute approximate surface area is 108 Å². The van der Waals surface area contributed by atoms with Crippen molar-refractivity contribution < 1.29 is 4.79 Å². The Bertz CT molecular complexity index is 429. The van der Waals surface area contributed by atoms with Crippen LogP contribution in [0.25, 0.3) is 0 Å². The van der Waals surface area contributed by atoms with Crippen molar-refractivity contribution in [3.63, 3.8) is 0 Å². The normalized spacial score (nSPS) is 15.5. The zero-order chi connectivity index (χ0) is 13.3. The molecule has 0 aromatic carbocycles. The molecule has 2 rings (SSSR count). The highest BCUT2D eigenvalue weighted by atomic mass is 16.2. The van der Waals surface area contributed by atoms with E-state index in [1.807, 2.05) is 11.0 Å². The minimum atomic E-state index is -0.00195. The van der Waals surface area contributed by atoms with E-state index >= 15 is 0 Å². The fourth-order valence-electron chi connectivity index (χ4n) is 1.93. The van der Waals surface area contributed by atoms with E-state index in [1.165, 1.54) is 0 Å². The highest BCUT2D eigenvalue weighted by Crippen LogP contribution is 2.33. The van der Waals surface area contributed by atoms with Crippen molar-refractivity contribution in [1.82, 2.24) is 4.98 Å². The number of amides is 1. The van der Waals surface area contributed by atoms with E-state index < -0.39 is 0 Å². The Kier molecular flexibility index (Phi) is 3.28. The number of nitrogens with two attached hydrogens (primary N) is 1. The SMILES string of the molecule is CC(C)(C)CC(=O)N(c1ccc(N)cn1)C1CC1. The van der Waals surface area contributed by atoms with Crippen LogP contribution in [0.1, 0.15) is 40.0 Å². The number of carbonyl (C=O) groups excluding carboxylic acids is 1. The van der Waals surface area contributed by atoms with Crippen molar-refractivity contribution in [3.8, 4) is 0 Å². The van der Waals surface area contributed by atoms with Crippen LogP contribution in [0.4, 0.5) is 11.5 Å². The molecule has 4 nitrogen and oxygen atoms in total. The van der Waals surface area contributed by atoms with E-state index in [9.17, 15) is 4.79 Å². The van der Waals surface area contributed by atoms with Crippen LogP contribution in [-0.2, 0) is 4.79 Å². The molecule has 0 radical (unpaired) electrons. The van der Waals surface area contributed by atoms with Crippen LogP contribution in [-0.4, -0.2) is 16.9 Å². The summed E-state index contributed by atoms with van der Waals surface area (Å²) in [5.74, 6) is 0.878. The summed E-state index contributed by atoms with van der Waals surface area (Å²) in [5, 5.41) is 0. The molecule has 98 valence electrons. The molecule has 1 fully saturated rings. The largest absolute Gasteiger partial charge is 0.397 e. The van der Waals surface area contributed by atoms with Gasteiger partial charge in [-0.2, -0.15) is 0 Å². The summed E-state index contributed by atoms with van der Waals surface area (Å²) >= 11 is 0. The van der Waals surface area contributed by atoms with E-state index in [2.05, 4.69) is 25.8 Å². The molecule has 18 heavy (non-hydrogen) atoms. The van der Waals surface area contributed by atoms with Gasteiger partial charge in [0.25, 0.3) is 0 Å². The second-order valence-electron chi connectivity index (χ2n) is 6.18. The van der Waals surface area contributed by atoms with E-state index in [0.717, 1.165) is 18.7 Å². The maximum absolute atomic E-state index is 12.4. The molecule has 1 heterocycles. The summed E-state index contributed by atoms with van der Waals surface area (Å²) < 4.78 is 0. The Morgan fingerprint density at radius 1 is 1.44 bits per heavy atom. The molecule has 1 aliphatic rings. The number of nitrogens with zero attached hydrogens (tertiary/aromatic N) is 2. The summed E-state index contributed by atoms with van der Waals surface area (Å²) in [5.41, 5.74) is 6.25. The van der Waals surface area contributed by atoms with Gasteiger partial charge in [-0.05, 0) is 30.4 Å². The van der Waals surface area contributed by atoms with Gasteiger partial charge in [0, 0.05) is 12.5 Å². The molecular weight excluding hydrogens is 226 g/mol. The predicted octanol–water partition coefficient (Wildman–Crippen LogP) is 2.60. The lowest BCUT2D eigenvalue weighted by Gasteiger charge is -2.26. The standard InChI is InChI=1S/C14H21N3O/c1-14(2,3)8-13(18)17(11-5-6-11)12-7-4-10(15)9-16-12/h4,7,9,11H,5-6,8,15H2,1-3H3. The van der Waals surface area contributed by atoms with E-state index in [1.54, 1.807) is 12.3 Å². The molecule has 1 aliphatic carbocycles. The monoisotopic (exact) mass is 247 g/mol. The maximum Gasteiger partial charge on any atom is 0.228 e. The van der Waals surface area contributed by atoms with Gasteiger partial charge < -0.3 is 5.73 Å².